The number of carbonyl (C=O) groups is 1. The normalized spacial score (nSPS) is 18.0. The van der Waals surface area contributed by atoms with Gasteiger partial charge in [0, 0.05) is 19.7 Å². The summed E-state index contributed by atoms with van der Waals surface area (Å²) in [4.78, 5) is 14.1. The first-order valence-electron chi connectivity index (χ1n) is 10.1. The Labute approximate surface area is 168 Å². The van der Waals surface area contributed by atoms with Crippen LogP contribution in [-0.2, 0) is 20.8 Å². The molecule has 0 radical (unpaired) electrons. The van der Waals surface area contributed by atoms with Crippen molar-refractivity contribution in [1.29, 1.82) is 0 Å². The molecule has 1 heterocycles. The molecule has 1 unspecified atom stereocenters. The molecule has 1 amide bonds. The Kier molecular flexibility index (Phi) is 8.28. The highest BCUT2D eigenvalue weighted by Crippen LogP contribution is 2.33. The van der Waals surface area contributed by atoms with Gasteiger partial charge < -0.3 is 24.2 Å². The molecule has 1 saturated heterocycles. The Balaban J connectivity index is 1.88. The average molecular weight is 394 g/mol. The first-order valence-corrected chi connectivity index (χ1v) is 10.1. The summed E-state index contributed by atoms with van der Waals surface area (Å²) < 4.78 is 17.4. The molecule has 1 N–H and O–H groups in total. The molecule has 1 aromatic rings. The molecule has 1 fully saturated rings. The predicted molar refractivity (Wildman–Crippen MR) is 108 cm³/mol. The standard InChI is InChI=1S/C22H35NO5/c1-18(15-24)14-22(27-17-26-16-19-8-6-5-7-9-19)10-12-23(13-11-22)20(25)28-21(2,3)4/h5-9,18,24H,10-17H2,1-4H3. The average Bonchev–Trinajstić information content (AvgIpc) is 2.65. The first-order chi connectivity index (χ1) is 13.2. The molecule has 0 saturated carbocycles. The highest BCUT2D eigenvalue weighted by molar-refractivity contribution is 5.68. The zero-order valence-electron chi connectivity index (χ0n) is 17.6. The van der Waals surface area contributed by atoms with E-state index in [0.29, 0.717) is 32.5 Å². The van der Waals surface area contributed by atoms with Crippen LogP contribution in [0.5, 0.6) is 0 Å². The van der Waals surface area contributed by atoms with E-state index < -0.39 is 11.2 Å². The Morgan fingerprint density at radius 2 is 1.86 bits per heavy atom. The van der Waals surface area contributed by atoms with Gasteiger partial charge in [-0.25, -0.2) is 4.79 Å². The van der Waals surface area contributed by atoms with Crippen LogP contribution in [0.3, 0.4) is 0 Å². The molecule has 158 valence electrons. The van der Waals surface area contributed by atoms with E-state index in [2.05, 4.69) is 0 Å². The molecule has 0 bridgehead atoms. The number of ether oxygens (including phenoxy) is 3. The quantitative estimate of drug-likeness (QED) is 0.535. The summed E-state index contributed by atoms with van der Waals surface area (Å²) in [6, 6.07) is 9.97. The number of rotatable bonds is 8. The minimum Gasteiger partial charge on any atom is -0.444 e. The van der Waals surface area contributed by atoms with Crippen molar-refractivity contribution in [3.8, 4) is 0 Å². The number of benzene rings is 1. The molecule has 1 aliphatic rings. The molecule has 0 spiro atoms. The summed E-state index contributed by atoms with van der Waals surface area (Å²) in [5, 5.41) is 9.50. The fourth-order valence-electron chi connectivity index (χ4n) is 3.43. The van der Waals surface area contributed by atoms with Crippen LogP contribution in [0.25, 0.3) is 0 Å². The van der Waals surface area contributed by atoms with E-state index in [1.54, 1.807) is 4.90 Å². The van der Waals surface area contributed by atoms with Gasteiger partial charge in [0.2, 0.25) is 0 Å². The van der Waals surface area contributed by atoms with Crippen molar-refractivity contribution in [1.82, 2.24) is 4.90 Å². The summed E-state index contributed by atoms with van der Waals surface area (Å²) in [5.41, 5.74) is 0.208. The minimum atomic E-state index is -0.501. The number of amides is 1. The van der Waals surface area contributed by atoms with Crippen LogP contribution >= 0.6 is 0 Å². The fourth-order valence-corrected chi connectivity index (χ4v) is 3.43. The zero-order chi connectivity index (χ0) is 20.6. The number of nitrogens with zero attached hydrogens (tertiary/aromatic N) is 1. The van der Waals surface area contributed by atoms with Gasteiger partial charge in [-0.15, -0.1) is 0 Å². The van der Waals surface area contributed by atoms with Gasteiger partial charge in [0.15, 0.2) is 0 Å². The number of hydrogen-bond acceptors (Lipinski definition) is 5. The Morgan fingerprint density at radius 3 is 2.43 bits per heavy atom. The number of hydrogen-bond donors (Lipinski definition) is 1. The number of carbonyl (C=O) groups excluding carboxylic acids is 1. The summed E-state index contributed by atoms with van der Waals surface area (Å²) in [6.07, 6.45) is 1.85. The van der Waals surface area contributed by atoms with Crippen molar-refractivity contribution in [2.45, 2.75) is 64.8 Å². The first kappa shape index (κ1) is 22.7. The van der Waals surface area contributed by atoms with E-state index in [4.69, 9.17) is 14.2 Å². The maximum atomic E-state index is 12.3. The lowest BCUT2D eigenvalue weighted by Crippen LogP contribution is -2.50. The zero-order valence-corrected chi connectivity index (χ0v) is 17.6. The molecule has 1 aliphatic heterocycles. The van der Waals surface area contributed by atoms with Gasteiger partial charge in [-0.2, -0.15) is 0 Å². The largest absolute Gasteiger partial charge is 0.444 e. The topological polar surface area (TPSA) is 68.2 Å². The van der Waals surface area contributed by atoms with Crippen molar-refractivity contribution in [2.75, 3.05) is 26.5 Å². The van der Waals surface area contributed by atoms with E-state index >= 15 is 0 Å². The third-order valence-electron chi connectivity index (χ3n) is 4.92. The molecule has 2 rings (SSSR count). The second kappa shape index (κ2) is 10.2. The van der Waals surface area contributed by atoms with Gasteiger partial charge in [-0.3, -0.25) is 0 Å². The highest BCUT2D eigenvalue weighted by atomic mass is 16.7. The molecule has 1 aromatic carbocycles. The van der Waals surface area contributed by atoms with Crippen LogP contribution in [0.15, 0.2) is 30.3 Å². The van der Waals surface area contributed by atoms with E-state index in [1.807, 2.05) is 58.0 Å². The monoisotopic (exact) mass is 393 g/mol. The molecule has 28 heavy (non-hydrogen) atoms. The smallest absolute Gasteiger partial charge is 0.410 e. The maximum absolute atomic E-state index is 12.3. The van der Waals surface area contributed by atoms with Gasteiger partial charge >= 0.3 is 6.09 Å². The number of aliphatic hydroxyl groups excluding tert-OH is 1. The molecule has 1 atom stereocenters. The lowest BCUT2D eigenvalue weighted by Gasteiger charge is -2.42. The number of piperidine rings is 1. The van der Waals surface area contributed by atoms with Gasteiger partial charge in [0.1, 0.15) is 12.4 Å². The van der Waals surface area contributed by atoms with Crippen LogP contribution in [-0.4, -0.2) is 53.8 Å². The summed E-state index contributed by atoms with van der Waals surface area (Å²) >= 11 is 0. The Bertz CT molecular complexity index is 591. The van der Waals surface area contributed by atoms with E-state index in [-0.39, 0.29) is 25.4 Å². The van der Waals surface area contributed by atoms with Crippen LogP contribution in [0.2, 0.25) is 0 Å². The van der Waals surface area contributed by atoms with Crippen LogP contribution in [0.1, 0.15) is 52.5 Å². The third kappa shape index (κ3) is 7.41. The lowest BCUT2D eigenvalue weighted by molar-refractivity contribution is -0.172. The van der Waals surface area contributed by atoms with Gasteiger partial charge in [0.25, 0.3) is 0 Å². The van der Waals surface area contributed by atoms with Crippen molar-refractivity contribution in [3.63, 3.8) is 0 Å². The molecule has 6 nitrogen and oxygen atoms in total. The minimum absolute atomic E-state index is 0.117. The van der Waals surface area contributed by atoms with Crippen molar-refractivity contribution in [2.24, 2.45) is 5.92 Å². The van der Waals surface area contributed by atoms with Crippen LogP contribution < -0.4 is 0 Å². The second-order valence-electron chi connectivity index (χ2n) is 8.74. The summed E-state index contributed by atoms with van der Waals surface area (Å²) in [7, 11) is 0. The lowest BCUT2D eigenvalue weighted by atomic mass is 9.83. The van der Waals surface area contributed by atoms with Gasteiger partial charge in [-0.1, -0.05) is 37.3 Å². The predicted octanol–water partition coefficient (Wildman–Crippen LogP) is 3.97. The van der Waals surface area contributed by atoms with E-state index in [1.165, 1.54) is 0 Å². The van der Waals surface area contributed by atoms with Crippen molar-refractivity contribution < 1.29 is 24.1 Å². The van der Waals surface area contributed by atoms with Crippen molar-refractivity contribution in [3.05, 3.63) is 35.9 Å². The molecular formula is C22H35NO5. The van der Waals surface area contributed by atoms with E-state index in [0.717, 1.165) is 12.0 Å². The third-order valence-corrected chi connectivity index (χ3v) is 4.92. The second-order valence-corrected chi connectivity index (χ2v) is 8.74. The Hall–Kier alpha value is -1.63. The summed E-state index contributed by atoms with van der Waals surface area (Å²) in [5.74, 6) is 0.127. The summed E-state index contributed by atoms with van der Waals surface area (Å²) in [6.45, 7) is 9.58. The van der Waals surface area contributed by atoms with E-state index in [9.17, 15) is 9.90 Å². The maximum Gasteiger partial charge on any atom is 0.410 e. The SMILES string of the molecule is CC(CO)CC1(OCOCc2ccccc2)CCN(C(=O)OC(C)(C)C)CC1. The molecular weight excluding hydrogens is 358 g/mol. The van der Waals surface area contributed by atoms with Crippen LogP contribution in [0.4, 0.5) is 4.79 Å². The molecule has 0 aromatic heterocycles. The Morgan fingerprint density at radius 1 is 1.21 bits per heavy atom. The number of aliphatic hydroxyl groups is 1. The molecule has 6 heteroatoms. The van der Waals surface area contributed by atoms with Crippen LogP contribution in [0, 0.1) is 5.92 Å². The van der Waals surface area contributed by atoms with Gasteiger partial charge in [-0.05, 0) is 51.5 Å². The van der Waals surface area contributed by atoms with Gasteiger partial charge in [0.05, 0.1) is 12.2 Å². The van der Waals surface area contributed by atoms with Crippen molar-refractivity contribution >= 4 is 6.09 Å². The molecule has 0 aliphatic carbocycles. The number of likely N-dealkylation sites (tertiary alicyclic amines) is 1. The highest BCUT2D eigenvalue weighted by Gasteiger charge is 2.39. The fraction of sp³-hybridized carbons (Fsp3) is 0.682.